The molecular weight excluding hydrogens is 300 g/mol. The van der Waals surface area contributed by atoms with E-state index in [1.54, 1.807) is 7.11 Å². The van der Waals surface area contributed by atoms with Crippen molar-refractivity contribution in [2.45, 2.75) is 51.0 Å². The van der Waals surface area contributed by atoms with Crippen molar-refractivity contribution in [1.82, 2.24) is 9.80 Å². The number of rotatable bonds is 4. The highest BCUT2D eigenvalue weighted by Crippen LogP contribution is 2.21. The third-order valence-electron chi connectivity index (χ3n) is 5.46. The zero-order valence-corrected chi connectivity index (χ0v) is 14.9. The fourth-order valence-corrected chi connectivity index (χ4v) is 4.01. The lowest BCUT2D eigenvalue weighted by molar-refractivity contribution is -0.132. The highest BCUT2D eigenvalue weighted by atomic mass is 16.5. The molecule has 3 rings (SSSR count). The molecule has 0 unspecified atom stereocenters. The van der Waals surface area contributed by atoms with Crippen LogP contribution in [0.3, 0.4) is 0 Å². The molecule has 0 radical (unpaired) electrons. The van der Waals surface area contributed by atoms with E-state index in [-0.39, 0.29) is 5.91 Å². The number of nitrogens with zero attached hydrogens (tertiary/aromatic N) is 2. The fourth-order valence-electron chi connectivity index (χ4n) is 4.01. The minimum Gasteiger partial charge on any atom is -0.497 e. The molecule has 4 nitrogen and oxygen atoms in total. The minimum atomic E-state index is 0.248. The molecule has 2 heterocycles. The van der Waals surface area contributed by atoms with E-state index in [1.807, 2.05) is 29.2 Å². The fraction of sp³-hybridized carbons (Fsp3) is 0.650. The molecule has 132 valence electrons. The van der Waals surface area contributed by atoms with E-state index in [1.165, 1.54) is 38.8 Å². The Labute approximate surface area is 145 Å². The molecule has 24 heavy (non-hydrogen) atoms. The second-order valence-corrected chi connectivity index (χ2v) is 7.09. The number of carbonyl (C=O) groups is 1. The van der Waals surface area contributed by atoms with Gasteiger partial charge in [-0.15, -0.1) is 0 Å². The Hall–Kier alpha value is -1.55. The molecule has 1 aromatic rings. The third kappa shape index (κ3) is 4.50. The molecule has 4 heteroatoms. The summed E-state index contributed by atoms with van der Waals surface area (Å²) in [6.45, 7) is 4.32. The van der Waals surface area contributed by atoms with Crippen LogP contribution in [0.15, 0.2) is 24.3 Å². The van der Waals surface area contributed by atoms with Crippen LogP contribution in [-0.2, 0) is 11.2 Å². The van der Waals surface area contributed by atoms with E-state index in [0.717, 1.165) is 37.2 Å². The second kappa shape index (κ2) is 8.52. The van der Waals surface area contributed by atoms with Crippen molar-refractivity contribution in [3.05, 3.63) is 29.8 Å². The number of amides is 1. The van der Waals surface area contributed by atoms with E-state index in [4.69, 9.17) is 4.74 Å². The second-order valence-electron chi connectivity index (χ2n) is 7.09. The molecule has 0 N–H and O–H groups in total. The van der Waals surface area contributed by atoms with Gasteiger partial charge in [-0.25, -0.2) is 0 Å². The topological polar surface area (TPSA) is 32.8 Å². The molecule has 0 aliphatic carbocycles. The molecule has 0 aromatic heterocycles. The summed E-state index contributed by atoms with van der Waals surface area (Å²) >= 11 is 0. The number of piperidine rings is 1. The van der Waals surface area contributed by atoms with Crippen molar-refractivity contribution >= 4 is 5.91 Å². The summed E-state index contributed by atoms with van der Waals surface area (Å²) in [6.07, 6.45) is 8.19. The van der Waals surface area contributed by atoms with Crippen LogP contribution in [-0.4, -0.2) is 55.0 Å². The smallest absolute Gasteiger partial charge is 0.226 e. The van der Waals surface area contributed by atoms with Crippen LogP contribution in [0.25, 0.3) is 0 Å². The highest BCUT2D eigenvalue weighted by molar-refractivity contribution is 5.79. The van der Waals surface area contributed by atoms with Crippen molar-refractivity contribution in [2.75, 3.05) is 33.3 Å². The first-order valence-electron chi connectivity index (χ1n) is 9.41. The number of methoxy groups -OCH3 is 1. The zero-order valence-electron chi connectivity index (χ0n) is 14.9. The van der Waals surface area contributed by atoms with Crippen LogP contribution < -0.4 is 4.74 Å². The van der Waals surface area contributed by atoms with Crippen LogP contribution in [0.4, 0.5) is 0 Å². The van der Waals surface area contributed by atoms with E-state index < -0.39 is 0 Å². The molecule has 0 bridgehead atoms. The first kappa shape index (κ1) is 17.3. The molecule has 2 aliphatic rings. The lowest BCUT2D eigenvalue weighted by Crippen LogP contribution is -2.47. The number of ether oxygens (including phenoxy) is 1. The SMILES string of the molecule is COc1cccc(CC(=O)N2CCC(N3CCCCCC3)CC2)c1. The Morgan fingerprint density at radius 3 is 2.46 bits per heavy atom. The average molecular weight is 330 g/mol. The van der Waals surface area contributed by atoms with Crippen molar-refractivity contribution in [3.63, 3.8) is 0 Å². The summed E-state index contributed by atoms with van der Waals surface area (Å²) in [6, 6.07) is 8.52. The van der Waals surface area contributed by atoms with Gasteiger partial charge < -0.3 is 14.5 Å². The van der Waals surface area contributed by atoms with Crippen LogP contribution in [0, 0.1) is 0 Å². The number of carbonyl (C=O) groups excluding carboxylic acids is 1. The Morgan fingerprint density at radius 2 is 1.79 bits per heavy atom. The van der Waals surface area contributed by atoms with E-state index in [0.29, 0.717) is 12.5 Å². The van der Waals surface area contributed by atoms with Crippen LogP contribution in [0.2, 0.25) is 0 Å². The number of hydrogen-bond acceptors (Lipinski definition) is 3. The molecule has 2 aliphatic heterocycles. The Morgan fingerprint density at radius 1 is 1.08 bits per heavy atom. The Balaban J connectivity index is 1.49. The van der Waals surface area contributed by atoms with Gasteiger partial charge in [0.2, 0.25) is 5.91 Å². The van der Waals surface area contributed by atoms with Gasteiger partial charge in [0.05, 0.1) is 13.5 Å². The Kier molecular flexibility index (Phi) is 6.13. The van der Waals surface area contributed by atoms with Gasteiger partial charge in [-0.3, -0.25) is 4.79 Å². The lowest BCUT2D eigenvalue weighted by Gasteiger charge is -2.38. The molecule has 0 saturated carbocycles. The first-order chi connectivity index (χ1) is 11.8. The van der Waals surface area contributed by atoms with Crippen molar-refractivity contribution in [1.29, 1.82) is 0 Å². The van der Waals surface area contributed by atoms with Gasteiger partial charge in [0.25, 0.3) is 0 Å². The molecule has 2 saturated heterocycles. The molecule has 1 aromatic carbocycles. The standard InChI is InChI=1S/C20H30N2O2/c1-24-19-8-6-7-17(15-19)16-20(23)22-13-9-18(10-14-22)21-11-4-2-3-5-12-21/h6-8,15,18H,2-5,9-14,16H2,1H3. The van der Waals surface area contributed by atoms with E-state index in [2.05, 4.69) is 4.90 Å². The van der Waals surface area contributed by atoms with E-state index in [9.17, 15) is 4.79 Å². The van der Waals surface area contributed by atoms with Gasteiger partial charge in [0.1, 0.15) is 5.75 Å². The lowest BCUT2D eigenvalue weighted by atomic mass is 10.0. The quantitative estimate of drug-likeness (QED) is 0.850. The van der Waals surface area contributed by atoms with E-state index >= 15 is 0 Å². The first-order valence-corrected chi connectivity index (χ1v) is 9.41. The minimum absolute atomic E-state index is 0.248. The van der Waals surface area contributed by atoms with Crippen LogP contribution in [0.5, 0.6) is 5.75 Å². The molecule has 0 spiro atoms. The summed E-state index contributed by atoms with van der Waals surface area (Å²) in [5, 5.41) is 0. The Bertz CT molecular complexity index is 530. The summed E-state index contributed by atoms with van der Waals surface area (Å²) in [4.78, 5) is 17.3. The molecule has 2 fully saturated rings. The number of benzene rings is 1. The van der Waals surface area contributed by atoms with Gasteiger partial charge in [0, 0.05) is 19.1 Å². The molecule has 0 atom stereocenters. The van der Waals surface area contributed by atoms with Crippen LogP contribution >= 0.6 is 0 Å². The third-order valence-corrected chi connectivity index (χ3v) is 5.46. The summed E-state index contributed by atoms with van der Waals surface area (Å²) in [5.41, 5.74) is 1.04. The van der Waals surface area contributed by atoms with Gasteiger partial charge in [-0.1, -0.05) is 25.0 Å². The van der Waals surface area contributed by atoms with Gasteiger partial charge in [-0.2, -0.15) is 0 Å². The predicted octanol–water partition coefficient (Wildman–Crippen LogP) is 3.10. The van der Waals surface area contributed by atoms with Gasteiger partial charge in [0.15, 0.2) is 0 Å². The maximum Gasteiger partial charge on any atom is 0.226 e. The zero-order chi connectivity index (χ0) is 16.8. The summed E-state index contributed by atoms with van der Waals surface area (Å²) in [5.74, 6) is 1.07. The predicted molar refractivity (Wildman–Crippen MR) is 96.3 cm³/mol. The van der Waals surface area contributed by atoms with Crippen molar-refractivity contribution in [3.8, 4) is 5.75 Å². The number of hydrogen-bond donors (Lipinski definition) is 0. The number of likely N-dealkylation sites (tertiary alicyclic amines) is 2. The molecular formula is C20H30N2O2. The largest absolute Gasteiger partial charge is 0.497 e. The summed E-state index contributed by atoms with van der Waals surface area (Å²) in [7, 11) is 1.66. The highest BCUT2D eigenvalue weighted by Gasteiger charge is 2.27. The van der Waals surface area contributed by atoms with Gasteiger partial charge >= 0.3 is 0 Å². The van der Waals surface area contributed by atoms with Crippen LogP contribution in [0.1, 0.15) is 44.1 Å². The monoisotopic (exact) mass is 330 g/mol. The average Bonchev–Trinajstić information content (AvgIpc) is 2.91. The van der Waals surface area contributed by atoms with Crippen molar-refractivity contribution < 1.29 is 9.53 Å². The van der Waals surface area contributed by atoms with Gasteiger partial charge in [-0.05, 0) is 56.5 Å². The molecule has 1 amide bonds. The summed E-state index contributed by atoms with van der Waals surface area (Å²) < 4.78 is 5.24. The van der Waals surface area contributed by atoms with Crippen molar-refractivity contribution in [2.24, 2.45) is 0 Å². The normalized spacial score (nSPS) is 20.6. The maximum absolute atomic E-state index is 12.6. The maximum atomic E-state index is 12.6.